The van der Waals surface area contributed by atoms with Crippen LogP contribution in [0.15, 0.2) is 24.3 Å². The van der Waals surface area contributed by atoms with E-state index in [4.69, 9.17) is 0 Å². The van der Waals surface area contributed by atoms with E-state index >= 15 is 0 Å². The van der Waals surface area contributed by atoms with Crippen LogP contribution in [0.1, 0.15) is 42.4 Å². The van der Waals surface area contributed by atoms with E-state index in [1.54, 1.807) is 6.07 Å². The van der Waals surface area contributed by atoms with E-state index < -0.39 is 0 Å². The number of likely N-dealkylation sites (N-methyl/N-ethyl adjacent to an activating group) is 1. The van der Waals surface area contributed by atoms with Gasteiger partial charge in [0.1, 0.15) is 5.82 Å². The van der Waals surface area contributed by atoms with E-state index in [2.05, 4.69) is 30.3 Å². The number of nitrogens with one attached hydrogen (secondary N) is 1. The van der Waals surface area contributed by atoms with Gasteiger partial charge in [0.2, 0.25) is 0 Å². The molecule has 0 aliphatic rings. The third-order valence-corrected chi connectivity index (χ3v) is 3.76. The number of hydrogen-bond donors (Lipinski definition) is 1. The average Bonchev–Trinajstić information content (AvgIpc) is 2.78. The molecule has 0 aliphatic heterocycles. The number of benzene rings is 1. The number of hydrogen-bond acceptors (Lipinski definition) is 2. The molecule has 0 bridgehead atoms. The first kappa shape index (κ1) is 15.7. The van der Waals surface area contributed by atoms with Gasteiger partial charge in [0.05, 0.1) is 5.69 Å². The zero-order chi connectivity index (χ0) is 15.4. The Bertz CT molecular complexity index is 604. The Labute approximate surface area is 126 Å². The summed E-state index contributed by atoms with van der Waals surface area (Å²) in [6.45, 7) is 9.91. The average molecular weight is 289 g/mol. The fraction of sp³-hybridized carbons (Fsp3) is 0.471. The van der Waals surface area contributed by atoms with E-state index in [-0.39, 0.29) is 11.9 Å². The van der Waals surface area contributed by atoms with E-state index in [9.17, 15) is 4.39 Å². The van der Waals surface area contributed by atoms with Crippen molar-refractivity contribution in [2.75, 3.05) is 6.54 Å². The summed E-state index contributed by atoms with van der Waals surface area (Å²) in [5, 5.41) is 8.01. The standard InChI is InChI=1S/C17H24FN3/c1-5-19-17(16-8-7-14(18)9-12(16)3)11-15-10-13(4)20-21(15)6-2/h7-10,17,19H,5-6,11H2,1-4H3. The van der Waals surface area contributed by atoms with Gasteiger partial charge in [-0.1, -0.05) is 13.0 Å². The van der Waals surface area contributed by atoms with Crippen molar-refractivity contribution in [1.29, 1.82) is 0 Å². The zero-order valence-corrected chi connectivity index (χ0v) is 13.3. The summed E-state index contributed by atoms with van der Waals surface area (Å²) >= 11 is 0. The number of nitrogens with zero attached hydrogens (tertiary/aromatic N) is 2. The summed E-state index contributed by atoms with van der Waals surface area (Å²) < 4.78 is 15.4. The molecule has 0 saturated heterocycles. The highest BCUT2D eigenvalue weighted by Crippen LogP contribution is 2.23. The summed E-state index contributed by atoms with van der Waals surface area (Å²) in [4.78, 5) is 0. The maximum absolute atomic E-state index is 13.3. The Hall–Kier alpha value is -1.68. The highest BCUT2D eigenvalue weighted by Gasteiger charge is 2.16. The summed E-state index contributed by atoms with van der Waals surface area (Å²) in [6.07, 6.45) is 0.856. The largest absolute Gasteiger partial charge is 0.310 e. The summed E-state index contributed by atoms with van der Waals surface area (Å²) in [5.74, 6) is -0.180. The molecule has 0 amide bonds. The SMILES string of the molecule is CCNC(Cc1cc(C)nn1CC)c1ccc(F)cc1C. The molecular weight excluding hydrogens is 265 g/mol. The van der Waals surface area contributed by atoms with Crippen LogP contribution >= 0.6 is 0 Å². The van der Waals surface area contributed by atoms with E-state index in [0.717, 1.165) is 36.3 Å². The molecule has 1 aromatic carbocycles. The first-order chi connectivity index (χ1) is 10.0. The Morgan fingerprint density at radius 1 is 1.24 bits per heavy atom. The Morgan fingerprint density at radius 3 is 2.62 bits per heavy atom. The maximum Gasteiger partial charge on any atom is 0.123 e. The molecule has 2 rings (SSSR count). The minimum atomic E-state index is -0.180. The van der Waals surface area contributed by atoms with Crippen molar-refractivity contribution in [3.8, 4) is 0 Å². The molecule has 1 atom stereocenters. The fourth-order valence-corrected chi connectivity index (χ4v) is 2.81. The van der Waals surface area contributed by atoms with Gasteiger partial charge < -0.3 is 5.32 Å². The Balaban J connectivity index is 2.30. The molecule has 3 nitrogen and oxygen atoms in total. The monoisotopic (exact) mass is 289 g/mol. The molecule has 0 saturated carbocycles. The van der Waals surface area contributed by atoms with Crippen molar-refractivity contribution in [1.82, 2.24) is 15.1 Å². The lowest BCUT2D eigenvalue weighted by Gasteiger charge is -2.21. The fourth-order valence-electron chi connectivity index (χ4n) is 2.81. The van der Waals surface area contributed by atoms with E-state index in [1.165, 1.54) is 11.8 Å². The predicted molar refractivity (Wildman–Crippen MR) is 83.9 cm³/mol. The second-order valence-electron chi connectivity index (χ2n) is 5.41. The van der Waals surface area contributed by atoms with Crippen LogP contribution in [0.4, 0.5) is 4.39 Å². The van der Waals surface area contributed by atoms with Gasteiger partial charge >= 0.3 is 0 Å². The molecule has 1 N–H and O–H groups in total. The maximum atomic E-state index is 13.3. The van der Waals surface area contributed by atoms with Gasteiger partial charge in [-0.3, -0.25) is 4.68 Å². The van der Waals surface area contributed by atoms with E-state index in [0.29, 0.717) is 0 Å². The van der Waals surface area contributed by atoms with Gasteiger partial charge in [-0.25, -0.2) is 4.39 Å². The molecule has 1 heterocycles. The number of rotatable bonds is 6. The first-order valence-corrected chi connectivity index (χ1v) is 7.57. The normalized spacial score (nSPS) is 12.6. The van der Waals surface area contributed by atoms with Gasteiger partial charge in [0, 0.05) is 24.7 Å². The molecule has 114 valence electrons. The Kier molecular flexibility index (Phi) is 5.12. The molecule has 4 heteroatoms. The van der Waals surface area contributed by atoms with Gasteiger partial charge in [-0.15, -0.1) is 0 Å². The highest BCUT2D eigenvalue weighted by molar-refractivity contribution is 5.31. The molecule has 0 radical (unpaired) electrons. The van der Waals surface area contributed by atoms with Crippen molar-refractivity contribution < 1.29 is 4.39 Å². The van der Waals surface area contributed by atoms with Crippen LogP contribution in [0, 0.1) is 19.7 Å². The third-order valence-electron chi connectivity index (χ3n) is 3.76. The lowest BCUT2D eigenvalue weighted by atomic mass is 9.97. The second-order valence-corrected chi connectivity index (χ2v) is 5.41. The number of halogens is 1. The van der Waals surface area contributed by atoms with Crippen LogP contribution in [0.3, 0.4) is 0 Å². The molecule has 21 heavy (non-hydrogen) atoms. The minimum absolute atomic E-state index is 0.178. The van der Waals surface area contributed by atoms with Crippen LogP contribution in [-0.4, -0.2) is 16.3 Å². The smallest absolute Gasteiger partial charge is 0.123 e. The molecule has 0 spiro atoms. The molecule has 0 aliphatic carbocycles. The van der Waals surface area contributed by atoms with E-state index in [1.807, 2.05) is 24.6 Å². The predicted octanol–water partition coefficient (Wildman–Crippen LogP) is 3.55. The zero-order valence-electron chi connectivity index (χ0n) is 13.3. The van der Waals surface area contributed by atoms with Gasteiger partial charge in [-0.05, 0) is 56.6 Å². The molecule has 0 fully saturated rings. The van der Waals surface area contributed by atoms with Crippen molar-refractivity contribution in [2.45, 2.75) is 46.7 Å². The van der Waals surface area contributed by atoms with Gasteiger partial charge in [-0.2, -0.15) is 5.10 Å². The molecule has 1 aromatic heterocycles. The minimum Gasteiger partial charge on any atom is -0.310 e. The lowest BCUT2D eigenvalue weighted by molar-refractivity contribution is 0.513. The van der Waals surface area contributed by atoms with Crippen molar-refractivity contribution >= 4 is 0 Å². The van der Waals surface area contributed by atoms with Crippen LogP contribution in [0.25, 0.3) is 0 Å². The lowest BCUT2D eigenvalue weighted by Crippen LogP contribution is -2.25. The summed E-state index contributed by atoms with van der Waals surface area (Å²) in [5.41, 5.74) is 4.39. The first-order valence-electron chi connectivity index (χ1n) is 7.57. The van der Waals surface area contributed by atoms with Crippen LogP contribution in [0.2, 0.25) is 0 Å². The number of aromatic nitrogens is 2. The molecule has 2 aromatic rings. The van der Waals surface area contributed by atoms with Crippen molar-refractivity contribution in [3.05, 3.63) is 52.6 Å². The highest BCUT2D eigenvalue weighted by atomic mass is 19.1. The van der Waals surface area contributed by atoms with Crippen molar-refractivity contribution in [3.63, 3.8) is 0 Å². The molecule has 1 unspecified atom stereocenters. The van der Waals surface area contributed by atoms with Crippen LogP contribution < -0.4 is 5.32 Å². The molecular formula is C17H24FN3. The number of aryl methyl sites for hydroxylation is 3. The Morgan fingerprint density at radius 2 is 2.00 bits per heavy atom. The topological polar surface area (TPSA) is 29.9 Å². The van der Waals surface area contributed by atoms with Gasteiger partial charge in [0.25, 0.3) is 0 Å². The van der Waals surface area contributed by atoms with Gasteiger partial charge in [0.15, 0.2) is 0 Å². The van der Waals surface area contributed by atoms with Crippen LogP contribution in [0.5, 0.6) is 0 Å². The van der Waals surface area contributed by atoms with Crippen LogP contribution in [-0.2, 0) is 13.0 Å². The summed E-state index contributed by atoms with van der Waals surface area (Å²) in [7, 11) is 0. The summed E-state index contributed by atoms with van der Waals surface area (Å²) in [6, 6.07) is 7.33. The quantitative estimate of drug-likeness (QED) is 0.881. The second kappa shape index (κ2) is 6.85. The third kappa shape index (κ3) is 3.70. The van der Waals surface area contributed by atoms with Crippen molar-refractivity contribution in [2.24, 2.45) is 0 Å².